The molecule has 0 fully saturated rings. The van der Waals surface area contributed by atoms with Crippen molar-refractivity contribution in [3.63, 3.8) is 0 Å². The first kappa shape index (κ1) is 29.0. The highest BCUT2D eigenvalue weighted by molar-refractivity contribution is 6.19. The average molecular weight is 652 g/mol. The Kier molecular flexibility index (Phi) is 6.78. The van der Waals surface area contributed by atoms with Gasteiger partial charge in [-0.15, -0.1) is 0 Å². The van der Waals surface area contributed by atoms with Crippen LogP contribution in [0.15, 0.2) is 180 Å². The first-order valence-corrected chi connectivity index (χ1v) is 17.1. The van der Waals surface area contributed by atoms with Crippen LogP contribution in [0, 0.1) is 0 Å². The van der Waals surface area contributed by atoms with E-state index in [4.69, 9.17) is 19.4 Å². The molecule has 4 heteroatoms. The number of nitrogens with zero attached hydrogens (tertiary/aromatic N) is 3. The minimum atomic E-state index is 0.594. The molecule has 10 rings (SSSR count). The standard InChI is InChI=1S/C47H29N3O/c1-4-12-30(13-5-1)34-20-21-36-27-37(23-22-35(36)26-34)46-48-45(33-17-8-3-9-18-33)49-47(50-46)41-28-38(31-14-6-2-7-15-31)29-42-43(41)40-25-24-32-16-10-11-19-39(32)44(40)51-42/h1-29H. The molecule has 0 spiro atoms. The van der Waals surface area contributed by atoms with E-state index >= 15 is 0 Å². The van der Waals surface area contributed by atoms with Gasteiger partial charge in [0.2, 0.25) is 0 Å². The van der Waals surface area contributed by atoms with Crippen LogP contribution in [0.5, 0.6) is 0 Å². The van der Waals surface area contributed by atoms with E-state index in [-0.39, 0.29) is 0 Å². The highest BCUT2D eigenvalue weighted by atomic mass is 16.3. The van der Waals surface area contributed by atoms with E-state index < -0.39 is 0 Å². The summed E-state index contributed by atoms with van der Waals surface area (Å²) in [6, 6.07) is 61.0. The average Bonchev–Trinajstić information content (AvgIpc) is 3.60. The fourth-order valence-corrected chi connectivity index (χ4v) is 7.14. The van der Waals surface area contributed by atoms with Crippen molar-refractivity contribution in [2.75, 3.05) is 0 Å². The van der Waals surface area contributed by atoms with Crippen molar-refractivity contribution < 1.29 is 4.42 Å². The van der Waals surface area contributed by atoms with Gasteiger partial charge in [-0.25, -0.2) is 15.0 Å². The van der Waals surface area contributed by atoms with Gasteiger partial charge in [-0.3, -0.25) is 0 Å². The van der Waals surface area contributed by atoms with Crippen molar-refractivity contribution in [1.82, 2.24) is 15.0 Å². The van der Waals surface area contributed by atoms with E-state index in [9.17, 15) is 0 Å². The van der Waals surface area contributed by atoms with Crippen molar-refractivity contribution >= 4 is 43.5 Å². The van der Waals surface area contributed by atoms with E-state index in [2.05, 4.69) is 133 Å². The van der Waals surface area contributed by atoms with E-state index in [1.165, 1.54) is 11.1 Å². The Morgan fingerprint density at radius 3 is 1.61 bits per heavy atom. The van der Waals surface area contributed by atoms with E-state index in [0.29, 0.717) is 17.5 Å². The molecule has 2 heterocycles. The van der Waals surface area contributed by atoms with Crippen molar-refractivity contribution in [3.05, 3.63) is 176 Å². The molecular formula is C47H29N3O. The lowest BCUT2D eigenvalue weighted by molar-refractivity contribution is 0.673. The SMILES string of the molecule is c1ccc(-c2ccc3cc(-c4nc(-c5ccccc5)nc(-c5cc(-c6ccccc6)cc6oc7c8ccccc8ccc7c56)n4)ccc3c2)cc1. The fourth-order valence-electron chi connectivity index (χ4n) is 7.14. The molecule has 51 heavy (non-hydrogen) atoms. The Morgan fingerprint density at radius 2 is 0.882 bits per heavy atom. The largest absolute Gasteiger partial charge is 0.455 e. The molecular weight excluding hydrogens is 623 g/mol. The van der Waals surface area contributed by atoms with E-state index in [1.807, 2.05) is 42.5 Å². The summed E-state index contributed by atoms with van der Waals surface area (Å²) >= 11 is 0. The zero-order valence-corrected chi connectivity index (χ0v) is 27.5. The zero-order valence-electron chi connectivity index (χ0n) is 27.5. The van der Waals surface area contributed by atoms with Crippen LogP contribution in [0.3, 0.4) is 0 Å². The molecule has 10 aromatic rings. The van der Waals surface area contributed by atoms with Gasteiger partial charge in [-0.05, 0) is 68.7 Å². The van der Waals surface area contributed by atoms with Gasteiger partial charge in [0.05, 0.1) is 0 Å². The number of furan rings is 1. The summed E-state index contributed by atoms with van der Waals surface area (Å²) < 4.78 is 6.74. The molecule has 0 aliphatic rings. The summed E-state index contributed by atoms with van der Waals surface area (Å²) in [6.45, 7) is 0. The molecule has 4 nitrogen and oxygen atoms in total. The molecule has 0 N–H and O–H groups in total. The molecule has 8 aromatic carbocycles. The van der Waals surface area contributed by atoms with Crippen LogP contribution in [-0.4, -0.2) is 15.0 Å². The number of aromatic nitrogens is 3. The molecule has 0 radical (unpaired) electrons. The second kappa shape index (κ2) is 11.9. The molecule has 0 unspecified atom stereocenters. The van der Waals surface area contributed by atoms with Crippen LogP contribution in [-0.2, 0) is 0 Å². The van der Waals surface area contributed by atoms with Crippen LogP contribution >= 0.6 is 0 Å². The first-order valence-electron chi connectivity index (χ1n) is 17.1. The Bertz CT molecular complexity index is 2900. The maximum atomic E-state index is 6.74. The summed E-state index contributed by atoms with van der Waals surface area (Å²) in [5.41, 5.74) is 8.90. The fraction of sp³-hybridized carbons (Fsp3) is 0. The number of hydrogen-bond donors (Lipinski definition) is 0. The Balaban J connectivity index is 1.22. The third-order valence-electron chi connectivity index (χ3n) is 9.68. The van der Waals surface area contributed by atoms with Crippen LogP contribution in [0.4, 0.5) is 0 Å². The van der Waals surface area contributed by atoms with Crippen LogP contribution in [0.25, 0.3) is 99.9 Å². The van der Waals surface area contributed by atoms with Crippen molar-refractivity contribution in [2.45, 2.75) is 0 Å². The van der Waals surface area contributed by atoms with Crippen LogP contribution in [0.2, 0.25) is 0 Å². The highest BCUT2D eigenvalue weighted by Gasteiger charge is 2.21. The monoisotopic (exact) mass is 651 g/mol. The third kappa shape index (κ3) is 5.13. The smallest absolute Gasteiger partial charge is 0.164 e. The molecule has 0 aliphatic carbocycles. The highest BCUT2D eigenvalue weighted by Crippen LogP contribution is 2.42. The minimum absolute atomic E-state index is 0.594. The summed E-state index contributed by atoms with van der Waals surface area (Å²) in [7, 11) is 0. The van der Waals surface area contributed by atoms with Gasteiger partial charge in [0.25, 0.3) is 0 Å². The Hall–Kier alpha value is -6.91. The van der Waals surface area contributed by atoms with Gasteiger partial charge in [0.15, 0.2) is 17.5 Å². The lowest BCUT2D eigenvalue weighted by Crippen LogP contribution is -2.00. The van der Waals surface area contributed by atoms with Crippen LogP contribution < -0.4 is 0 Å². The van der Waals surface area contributed by atoms with E-state index in [1.54, 1.807) is 0 Å². The van der Waals surface area contributed by atoms with Crippen molar-refractivity contribution in [1.29, 1.82) is 0 Å². The zero-order chi connectivity index (χ0) is 33.7. The lowest BCUT2D eigenvalue weighted by atomic mass is 9.97. The summed E-state index contributed by atoms with van der Waals surface area (Å²) in [4.78, 5) is 15.5. The van der Waals surface area contributed by atoms with Gasteiger partial charge < -0.3 is 4.42 Å². The summed E-state index contributed by atoms with van der Waals surface area (Å²) in [6.07, 6.45) is 0. The van der Waals surface area contributed by atoms with Gasteiger partial charge in [0, 0.05) is 32.8 Å². The molecule has 0 aliphatic heterocycles. The van der Waals surface area contributed by atoms with Gasteiger partial charge in [0.1, 0.15) is 11.2 Å². The number of hydrogen-bond acceptors (Lipinski definition) is 4. The van der Waals surface area contributed by atoms with Crippen molar-refractivity contribution in [3.8, 4) is 56.4 Å². The molecule has 0 saturated heterocycles. The maximum absolute atomic E-state index is 6.74. The third-order valence-corrected chi connectivity index (χ3v) is 9.68. The number of benzene rings is 8. The summed E-state index contributed by atoms with van der Waals surface area (Å²) in [5, 5.41) is 6.50. The lowest BCUT2D eigenvalue weighted by Gasteiger charge is -2.12. The molecule has 0 bridgehead atoms. The van der Waals surface area contributed by atoms with Gasteiger partial charge >= 0.3 is 0 Å². The van der Waals surface area contributed by atoms with Crippen molar-refractivity contribution in [2.24, 2.45) is 0 Å². The predicted molar refractivity (Wildman–Crippen MR) is 209 cm³/mol. The normalized spacial score (nSPS) is 11.5. The number of rotatable bonds is 5. The van der Waals surface area contributed by atoms with Crippen LogP contribution in [0.1, 0.15) is 0 Å². The second-order valence-electron chi connectivity index (χ2n) is 12.8. The van der Waals surface area contributed by atoms with Gasteiger partial charge in [-0.1, -0.05) is 146 Å². The molecule has 238 valence electrons. The Morgan fingerprint density at radius 1 is 0.333 bits per heavy atom. The number of fused-ring (bicyclic) bond motifs is 6. The summed E-state index contributed by atoms with van der Waals surface area (Å²) in [5.74, 6) is 1.83. The molecule has 0 amide bonds. The maximum Gasteiger partial charge on any atom is 0.164 e. The quantitative estimate of drug-likeness (QED) is 0.186. The minimum Gasteiger partial charge on any atom is -0.455 e. The predicted octanol–water partition coefficient (Wildman–Crippen LogP) is 12.4. The first-order chi connectivity index (χ1) is 25.2. The second-order valence-corrected chi connectivity index (χ2v) is 12.8. The molecule has 2 aromatic heterocycles. The van der Waals surface area contributed by atoms with Gasteiger partial charge in [-0.2, -0.15) is 0 Å². The van der Waals surface area contributed by atoms with E-state index in [0.717, 1.165) is 71.3 Å². The Labute approximate surface area is 294 Å². The molecule has 0 saturated carbocycles. The molecule has 0 atom stereocenters. The topological polar surface area (TPSA) is 51.8 Å².